The number of carbonyl (C=O) groups excluding carboxylic acids is 2. The monoisotopic (exact) mass is 586 g/mol. The van der Waals surface area contributed by atoms with Crippen LogP contribution in [-0.2, 0) is 24.0 Å². The summed E-state index contributed by atoms with van der Waals surface area (Å²) in [5.41, 5.74) is 0.437. The van der Waals surface area contributed by atoms with Crippen molar-refractivity contribution >= 4 is 23.4 Å². The Bertz CT molecular complexity index is 1160. The molecule has 0 bridgehead atoms. The van der Waals surface area contributed by atoms with Crippen LogP contribution in [0.15, 0.2) is 16.8 Å². The predicted molar refractivity (Wildman–Crippen MR) is 158 cm³/mol. The number of aliphatic carboxylic acids is 1. The van der Waals surface area contributed by atoms with E-state index in [4.69, 9.17) is 9.57 Å². The Labute approximate surface area is 249 Å². The van der Waals surface area contributed by atoms with Gasteiger partial charge in [0.15, 0.2) is 12.4 Å². The van der Waals surface area contributed by atoms with Gasteiger partial charge >= 0.3 is 5.97 Å². The van der Waals surface area contributed by atoms with E-state index in [1.807, 2.05) is 13.8 Å². The van der Waals surface area contributed by atoms with E-state index < -0.39 is 17.6 Å². The maximum Gasteiger partial charge on any atom is 0.305 e. The summed E-state index contributed by atoms with van der Waals surface area (Å²) in [6.07, 6.45) is 10.6. The third-order valence-corrected chi connectivity index (χ3v) is 12.1. The van der Waals surface area contributed by atoms with Gasteiger partial charge in [0.1, 0.15) is 5.60 Å². The number of hydrogen-bond donors (Lipinski definition) is 3. The molecule has 234 valence electrons. The maximum absolute atomic E-state index is 12.7. The number of hydrogen-bond acceptors (Lipinski definition) is 7. The first-order valence-electron chi connectivity index (χ1n) is 16.0. The van der Waals surface area contributed by atoms with Gasteiger partial charge in [-0.3, -0.25) is 14.4 Å². The number of aliphatic hydroxyl groups is 1. The fourth-order valence-corrected chi connectivity index (χ4v) is 9.81. The molecule has 1 heterocycles. The van der Waals surface area contributed by atoms with Crippen molar-refractivity contribution in [1.82, 2.24) is 5.32 Å². The number of amides is 1. The Kier molecular flexibility index (Phi) is 8.42. The number of oxime groups is 1. The maximum atomic E-state index is 12.7. The molecule has 1 saturated heterocycles. The second-order valence-electron chi connectivity index (χ2n) is 14.9. The number of allylic oxidation sites excluding steroid dienone is 2. The lowest BCUT2D eigenvalue weighted by molar-refractivity contribution is -0.159. The summed E-state index contributed by atoms with van der Waals surface area (Å²) in [7, 11) is 0. The van der Waals surface area contributed by atoms with Gasteiger partial charge in [0.2, 0.25) is 0 Å². The molecule has 0 aromatic rings. The molecular weight excluding hydrogens is 536 g/mol. The second-order valence-corrected chi connectivity index (χ2v) is 14.9. The summed E-state index contributed by atoms with van der Waals surface area (Å²) in [5.74, 6) is 0.0492. The van der Waals surface area contributed by atoms with Crippen LogP contribution in [0.2, 0.25) is 0 Å². The van der Waals surface area contributed by atoms with Gasteiger partial charge in [-0.2, -0.15) is 0 Å². The molecule has 1 aliphatic heterocycles. The number of carboxylic acid groups (broad SMARTS) is 1. The van der Waals surface area contributed by atoms with E-state index in [1.54, 1.807) is 6.92 Å². The molecule has 9 nitrogen and oxygen atoms in total. The van der Waals surface area contributed by atoms with Crippen LogP contribution in [0.3, 0.4) is 0 Å². The van der Waals surface area contributed by atoms with Crippen molar-refractivity contribution < 1.29 is 34.2 Å². The highest BCUT2D eigenvalue weighted by molar-refractivity contribution is 5.96. The number of ketones is 1. The molecule has 8 unspecified atom stereocenters. The van der Waals surface area contributed by atoms with Gasteiger partial charge < -0.3 is 25.1 Å². The molecule has 8 atom stereocenters. The molecule has 5 aliphatic rings. The highest BCUT2D eigenvalue weighted by Gasteiger charge is 2.65. The number of ether oxygens (including phenoxy) is 1. The third kappa shape index (κ3) is 5.56. The fraction of sp³-hybridized carbons (Fsp3) is 0.818. The highest BCUT2D eigenvalue weighted by Crippen LogP contribution is 2.67. The molecule has 0 spiro atoms. The second kappa shape index (κ2) is 11.3. The van der Waals surface area contributed by atoms with Crippen LogP contribution in [0.5, 0.6) is 0 Å². The number of carboxylic acids is 1. The van der Waals surface area contributed by atoms with Gasteiger partial charge in [-0.05, 0) is 120 Å². The highest BCUT2D eigenvalue weighted by atomic mass is 16.6. The first-order chi connectivity index (χ1) is 19.7. The van der Waals surface area contributed by atoms with Crippen molar-refractivity contribution in [2.24, 2.45) is 39.7 Å². The lowest BCUT2D eigenvalue weighted by Crippen LogP contribution is -2.57. The average molecular weight is 587 g/mol. The minimum absolute atomic E-state index is 0.0224. The summed E-state index contributed by atoms with van der Waals surface area (Å²) in [6, 6.07) is -0.481. The van der Waals surface area contributed by atoms with E-state index in [0.717, 1.165) is 50.7 Å². The predicted octanol–water partition coefficient (Wildman–Crippen LogP) is 4.81. The van der Waals surface area contributed by atoms with E-state index in [2.05, 4.69) is 30.4 Å². The standard InChI is InChI=1S/C33H50N2O7/c1-20(36)33(40)14-10-26-24-7-6-22-16-23(8-12-31(22,4)25(24)9-13-32(26,33)5)35-42-19-28(37)34-27(17-29(38)39)21-11-15-41-30(2,3)18-21/h16,21,24-27,40H,6-15,17-19H2,1-5H3,(H,34,37)(H,38,39). The summed E-state index contributed by atoms with van der Waals surface area (Å²) < 4.78 is 5.77. The normalized spacial score (nSPS) is 40.6. The number of nitrogens with zero attached hydrogens (tertiary/aromatic N) is 1. The lowest BCUT2D eigenvalue weighted by atomic mass is 9.46. The molecule has 4 fully saturated rings. The van der Waals surface area contributed by atoms with Gasteiger partial charge in [0.25, 0.3) is 5.91 Å². The first-order valence-corrected chi connectivity index (χ1v) is 16.0. The van der Waals surface area contributed by atoms with Crippen molar-refractivity contribution in [1.29, 1.82) is 0 Å². The Morgan fingerprint density at radius 3 is 2.50 bits per heavy atom. The number of nitrogens with one attached hydrogen (secondary N) is 1. The molecule has 42 heavy (non-hydrogen) atoms. The molecule has 3 N–H and O–H groups in total. The number of carbonyl (C=O) groups is 3. The van der Waals surface area contributed by atoms with Crippen LogP contribution in [0.4, 0.5) is 0 Å². The van der Waals surface area contributed by atoms with Crippen LogP contribution in [0, 0.1) is 34.5 Å². The summed E-state index contributed by atoms with van der Waals surface area (Å²) in [6.45, 7) is 10.4. The van der Waals surface area contributed by atoms with Crippen LogP contribution in [0.1, 0.15) is 105 Å². The zero-order chi connectivity index (χ0) is 30.5. The van der Waals surface area contributed by atoms with Crippen LogP contribution in [0.25, 0.3) is 0 Å². The quantitative estimate of drug-likeness (QED) is 0.348. The van der Waals surface area contributed by atoms with E-state index in [-0.39, 0.29) is 47.1 Å². The summed E-state index contributed by atoms with van der Waals surface area (Å²) >= 11 is 0. The Morgan fingerprint density at radius 1 is 1.07 bits per heavy atom. The van der Waals surface area contributed by atoms with Gasteiger partial charge in [-0.1, -0.05) is 24.6 Å². The van der Waals surface area contributed by atoms with Crippen LogP contribution in [-0.4, -0.2) is 64.0 Å². The molecule has 4 aliphatic carbocycles. The van der Waals surface area contributed by atoms with Crippen molar-refractivity contribution in [3.8, 4) is 0 Å². The van der Waals surface area contributed by atoms with E-state index in [9.17, 15) is 24.6 Å². The smallest absolute Gasteiger partial charge is 0.305 e. The van der Waals surface area contributed by atoms with Gasteiger partial charge in [0.05, 0.1) is 17.7 Å². The van der Waals surface area contributed by atoms with Crippen molar-refractivity contribution in [2.45, 2.75) is 122 Å². The largest absolute Gasteiger partial charge is 0.481 e. The van der Waals surface area contributed by atoms with Crippen LogP contribution >= 0.6 is 0 Å². The zero-order valence-corrected chi connectivity index (χ0v) is 26.0. The van der Waals surface area contributed by atoms with Gasteiger partial charge in [-0.15, -0.1) is 0 Å². The molecule has 0 aromatic heterocycles. The Hall–Kier alpha value is -2.26. The van der Waals surface area contributed by atoms with E-state index in [1.165, 1.54) is 5.57 Å². The zero-order valence-electron chi connectivity index (χ0n) is 26.0. The molecule has 0 aromatic carbocycles. The number of Topliss-reactive ketones (excluding diaryl/α,β-unsaturated/α-hetero) is 1. The lowest BCUT2D eigenvalue weighted by Gasteiger charge is -2.59. The third-order valence-electron chi connectivity index (χ3n) is 12.1. The minimum atomic E-state index is -1.19. The minimum Gasteiger partial charge on any atom is -0.481 e. The topological polar surface area (TPSA) is 135 Å². The van der Waals surface area contributed by atoms with Crippen molar-refractivity contribution in [2.75, 3.05) is 13.2 Å². The fourth-order valence-electron chi connectivity index (χ4n) is 9.81. The SMILES string of the molecule is CC(=O)C1(O)CCC2C3CCC4=CC(=NOCC(=O)NC(CC(=O)O)C5CCOC(C)(C)C5)CCC4(C)C3CCC21C. The molecule has 1 amide bonds. The molecule has 9 heteroatoms. The van der Waals surface area contributed by atoms with E-state index in [0.29, 0.717) is 43.6 Å². The van der Waals surface area contributed by atoms with E-state index >= 15 is 0 Å². The van der Waals surface area contributed by atoms with Crippen molar-refractivity contribution in [3.63, 3.8) is 0 Å². The van der Waals surface area contributed by atoms with Crippen molar-refractivity contribution in [3.05, 3.63) is 11.6 Å². The number of fused-ring (bicyclic) bond motifs is 5. The number of rotatable bonds is 8. The Morgan fingerprint density at radius 2 is 1.81 bits per heavy atom. The molecule has 3 saturated carbocycles. The summed E-state index contributed by atoms with van der Waals surface area (Å²) in [5, 5.41) is 28.0. The average Bonchev–Trinajstić information content (AvgIpc) is 3.19. The van der Waals surface area contributed by atoms with Gasteiger partial charge in [-0.25, -0.2) is 0 Å². The molecular formula is C33H50N2O7. The molecule has 0 radical (unpaired) electrons. The summed E-state index contributed by atoms with van der Waals surface area (Å²) in [4.78, 5) is 42.2. The first kappa shape index (κ1) is 31.2. The Balaban J connectivity index is 1.20. The molecule has 5 rings (SSSR count). The van der Waals surface area contributed by atoms with Crippen LogP contribution < -0.4 is 5.32 Å². The van der Waals surface area contributed by atoms with Gasteiger partial charge in [0, 0.05) is 18.1 Å².